The molecule has 0 bridgehead atoms. The van der Waals surface area contributed by atoms with Gasteiger partial charge in [0.15, 0.2) is 0 Å². The molecule has 0 radical (unpaired) electrons. The van der Waals surface area contributed by atoms with Gasteiger partial charge in [-0.05, 0) is 5.56 Å². The number of ether oxygens (including phenoxy) is 1. The average molecular weight is 362 g/mol. The fraction of sp³-hybridized carbons (Fsp3) is 0.526. The van der Waals surface area contributed by atoms with Gasteiger partial charge in [-0.25, -0.2) is 8.78 Å². The summed E-state index contributed by atoms with van der Waals surface area (Å²) in [7, 11) is 0. The molecule has 2 aliphatic rings. The number of benzene rings is 1. The Labute approximate surface area is 151 Å². The Morgan fingerprint density at radius 2 is 1.96 bits per heavy atom. The lowest BCUT2D eigenvalue weighted by molar-refractivity contribution is 0.0107. The molecule has 2 saturated heterocycles. The van der Waals surface area contributed by atoms with E-state index in [9.17, 15) is 8.78 Å². The molecule has 0 aliphatic carbocycles. The minimum Gasteiger partial charge on any atom is -0.379 e. The van der Waals surface area contributed by atoms with Crippen LogP contribution in [-0.2, 0) is 11.3 Å². The maximum absolute atomic E-state index is 14.1. The molecule has 1 aromatic carbocycles. The highest BCUT2D eigenvalue weighted by atomic mass is 19.3. The van der Waals surface area contributed by atoms with E-state index in [2.05, 4.69) is 15.1 Å². The average Bonchev–Trinajstić information content (AvgIpc) is 3.21. The Balaban J connectivity index is 1.50. The van der Waals surface area contributed by atoms with E-state index in [-0.39, 0.29) is 19.0 Å². The normalized spacial score (nSPS) is 24.2. The Kier molecular flexibility index (Phi) is 5.02. The molecule has 140 valence electrons. The van der Waals surface area contributed by atoms with Crippen molar-refractivity contribution in [3.63, 3.8) is 0 Å². The van der Waals surface area contributed by atoms with Crippen LogP contribution in [0, 0.1) is 0 Å². The topological polar surface area (TPSA) is 44.4 Å². The predicted octanol–water partition coefficient (Wildman–Crippen LogP) is 2.62. The minimum absolute atomic E-state index is 0.0805. The quantitative estimate of drug-likeness (QED) is 0.888. The van der Waals surface area contributed by atoms with Crippen molar-refractivity contribution in [1.29, 1.82) is 0 Å². The van der Waals surface area contributed by atoms with E-state index in [0.717, 1.165) is 29.9 Å². The van der Waals surface area contributed by atoms with Crippen LogP contribution < -0.4 is 0 Å². The highest BCUT2D eigenvalue weighted by Crippen LogP contribution is 2.34. The summed E-state index contributed by atoms with van der Waals surface area (Å²) >= 11 is 0. The van der Waals surface area contributed by atoms with Gasteiger partial charge >= 0.3 is 0 Å². The third kappa shape index (κ3) is 3.95. The molecule has 3 heterocycles. The number of halogens is 2. The van der Waals surface area contributed by atoms with Crippen molar-refractivity contribution in [1.82, 2.24) is 20.0 Å². The second-order valence-corrected chi connectivity index (χ2v) is 7.17. The highest BCUT2D eigenvalue weighted by Gasteiger charge is 2.45. The van der Waals surface area contributed by atoms with Crippen LogP contribution >= 0.6 is 0 Å². The van der Waals surface area contributed by atoms with Gasteiger partial charge in [-0.2, -0.15) is 5.10 Å². The zero-order valence-electron chi connectivity index (χ0n) is 14.7. The van der Waals surface area contributed by atoms with Gasteiger partial charge < -0.3 is 4.74 Å². The van der Waals surface area contributed by atoms with Crippen molar-refractivity contribution < 1.29 is 13.5 Å². The Bertz CT molecular complexity index is 715. The summed E-state index contributed by atoms with van der Waals surface area (Å²) in [5.74, 6) is -2.63. The van der Waals surface area contributed by atoms with Gasteiger partial charge in [0.1, 0.15) is 0 Å². The second-order valence-electron chi connectivity index (χ2n) is 7.17. The van der Waals surface area contributed by atoms with Gasteiger partial charge in [0, 0.05) is 44.2 Å². The van der Waals surface area contributed by atoms with E-state index in [0.29, 0.717) is 26.3 Å². The van der Waals surface area contributed by atoms with Gasteiger partial charge in [0.2, 0.25) is 0 Å². The number of aromatic amines is 1. The Hall–Kier alpha value is -1.83. The van der Waals surface area contributed by atoms with Gasteiger partial charge in [-0.3, -0.25) is 14.9 Å². The molecule has 7 heteroatoms. The van der Waals surface area contributed by atoms with Crippen LogP contribution in [0.4, 0.5) is 8.78 Å². The molecule has 0 spiro atoms. The van der Waals surface area contributed by atoms with Gasteiger partial charge in [0.05, 0.1) is 31.6 Å². The van der Waals surface area contributed by atoms with Crippen LogP contribution in [0.25, 0.3) is 11.3 Å². The van der Waals surface area contributed by atoms with Crippen molar-refractivity contribution in [2.24, 2.45) is 0 Å². The number of hydrogen-bond acceptors (Lipinski definition) is 4. The summed E-state index contributed by atoms with van der Waals surface area (Å²) in [4.78, 5) is 4.14. The van der Waals surface area contributed by atoms with E-state index in [1.165, 1.54) is 0 Å². The van der Waals surface area contributed by atoms with Crippen molar-refractivity contribution in [3.05, 3.63) is 42.1 Å². The number of morpholine rings is 1. The summed E-state index contributed by atoms with van der Waals surface area (Å²) in [5, 5.41) is 7.17. The number of hydrogen-bond donors (Lipinski definition) is 1. The van der Waals surface area contributed by atoms with Gasteiger partial charge in [0.25, 0.3) is 5.92 Å². The smallest absolute Gasteiger partial charge is 0.262 e. The van der Waals surface area contributed by atoms with E-state index >= 15 is 0 Å². The number of aromatic nitrogens is 2. The fourth-order valence-corrected chi connectivity index (χ4v) is 3.92. The monoisotopic (exact) mass is 362 g/mol. The van der Waals surface area contributed by atoms with E-state index in [1.54, 1.807) is 6.20 Å². The minimum atomic E-state index is -2.63. The first kappa shape index (κ1) is 17.6. The molecule has 5 nitrogen and oxygen atoms in total. The maximum Gasteiger partial charge on any atom is 0.262 e. The lowest BCUT2D eigenvalue weighted by atomic mass is 10.1. The second kappa shape index (κ2) is 7.42. The first-order valence-electron chi connectivity index (χ1n) is 9.10. The van der Waals surface area contributed by atoms with E-state index in [4.69, 9.17) is 4.74 Å². The van der Waals surface area contributed by atoms with Crippen LogP contribution in [-0.4, -0.2) is 71.4 Å². The lowest BCUT2D eigenvalue weighted by Gasteiger charge is -2.32. The molecule has 0 amide bonds. The number of nitrogens with one attached hydrogen (secondary N) is 1. The number of alkyl halides is 2. The summed E-state index contributed by atoms with van der Waals surface area (Å²) in [5.41, 5.74) is 2.89. The van der Waals surface area contributed by atoms with Crippen LogP contribution in [0.5, 0.6) is 0 Å². The third-order valence-corrected chi connectivity index (χ3v) is 5.21. The van der Waals surface area contributed by atoms with Gasteiger partial charge in [-0.15, -0.1) is 0 Å². The molecule has 1 N–H and O–H groups in total. The number of H-pyrrole nitrogens is 1. The Morgan fingerprint density at radius 1 is 1.19 bits per heavy atom. The fourth-order valence-electron chi connectivity index (χ4n) is 3.92. The third-order valence-electron chi connectivity index (χ3n) is 5.21. The molecule has 26 heavy (non-hydrogen) atoms. The highest BCUT2D eigenvalue weighted by molar-refractivity contribution is 5.62. The van der Waals surface area contributed by atoms with E-state index in [1.807, 2.05) is 35.2 Å². The first-order chi connectivity index (χ1) is 12.6. The van der Waals surface area contributed by atoms with Crippen molar-refractivity contribution >= 4 is 0 Å². The molecule has 1 aromatic heterocycles. The van der Waals surface area contributed by atoms with Crippen LogP contribution in [0.3, 0.4) is 0 Å². The molecule has 1 unspecified atom stereocenters. The Morgan fingerprint density at radius 3 is 2.73 bits per heavy atom. The molecule has 2 aromatic rings. The van der Waals surface area contributed by atoms with Gasteiger partial charge in [-0.1, -0.05) is 30.3 Å². The number of rotatable bonds is 5. The zero-order chi connectivity index (χ0) is 18.0. The largest absolute Gasteiger partial charge is 0.379 e. The molecular formula is C19H24F2N4O. The zero-order valence-corrected chi connectivity index (χ0v) is 14.7. The maximum atomic E-state index is 14.1. The predicted molar refractivity (Wildman–Crippen MR) is 95.0 cm³/mol. The molecular weight excluding hydrogens is 338 g/mol. The molecule has 2 fully saturated rings. The molecule has 1 atom stereocenters. The summed E-state index contributed by atoms with van der Waals surface area (Å²) in [6, 6.07) is 9.73. The first-order valence-corrected chi connectivity index (χ1v) is 9.10. The summed E-state index contributed by atoms with van der Waals surface area (Å²) in [6.07, 6.45) is 1.67. The standard InChI is InChI=1S/C19H24F2N4O/c20-19(21)10-17(13-24-6-8-26-9-7-24)25(14-19)12-16-11-22-23-18(16)15-4-2-1-3-5-15/h1-5,11,17H,6-10,12-14H2,(H,22,23). The summed E-state index contributed by atoms with van der Waals surface area (Å²) < 4.78 is 33.7. The SMILES string of the molecule is FC1(F)CC(CN2CCOCC2)N(Cc2cn[nH]c2-c2ccccc2)C1. The number of nitrogens with zero attached hydrogens (tertiary/aromatic N) is 3. The van der Waals surface area contributed by atoms with Crippen molar-refractivity contribution in [2.45, 2.75) is 24.9 Å². The van der Waals surface area contributed by atoms with Crippen LogP contribution in [0.1, 0.15) is 12.0 Å². The molecule has 0 saturated carbocycles. The lowest BCUT2D eigenvalue weighted by Crippen LogP contribution is -2.44. The molecule has 4 rings (SSSR count). The summed E-state index contributed by atoms with van der Waals surface area (Å²) in [6.45, 7) is 3.95. The molecule has 2 aliphatic heterocycles. The van der Waals surface area contributed by atoms with E-state index < -0.39 is 5.92 Å². The van der Waals surface area contributed by atoms with Crippen molar-refractivity contribution in [3.8, 4) is 11.3 Å². The van der Waals surface area contributed by atoms with Crippen molar-refractivity contribution in [2.75, 3.05) is 39.4 Å². The van der Waals surface area contributed by atoms with Crippen LogP contribution in [0.15, 0.2) is 36.5 Å². The number of likely N-dealkylation sites (tertiary alicyclic amines) is 1. The van der Waals surface area contributed by atoms with Crippen LogP contribution in [0.2, 0.25) is 0 Å².